The van der Waals surface area contributed by atoms with Gasteiger partial charge < -0.3 is 10.0 Å². The van der Waals surface area contributed by atoms with Gasteiger partial charge in [0.1, 0.15) is 0 Å². The Morgan fingerprint density at radius 1 is 1.40 bits per heavy atom. The van der Waals surface area contributed by atoms with Crippen LogP contribution in [0, 0.1) is 5.92 Å². The van der Waals surface area contributed by atoms with E-state index in [0.717, 1.165) is 25.0 Å². The van der Waals surface area contributed by atoms with Gasteiger partial charge in [0.2, 0.25) is 5.95 Å². The van der Waals surface area contributed by atoms with Crippen molar-refractivity contribution in [2.24, 2.45) is 13.0 Å². The van der Waals surface area contributed by atoms with Crippen molar-refractivity contribution < 1.29 is 9.90 Å². The number of carboxylic acid groups (broad SMARTS) is 1. The van der Waals surface area contributed by atoms with Crippen LogP contribution >= 0.6 is 11.8 Å². The zero-order valence-electron chi connectivity index (χ0n) is 12.1. The molecule has 1 N–H and O–H groups in total. The molecule has 1 aliphatic heterocycles. The summed E-state index contributed by atoms with van der Waals surface area (Å²) in [6, 6.07) is 0. The summed E-state index contributed by atoms with van der Waals surface area (Å²) in [7, 11) is 1.90. The molecule has 0 aliphatic carbocycles. The summed E-state index contributed by atoms with van der Waals surface area (Å²) in [6.45, 7) is 4.27. The Kier molecular flexibility index (Phi) is 5.28. The highest BCUT2D eigenvalue weighted by Crippen LogP contribution is 2.26. The lowest BCUT2D eigenvalue weighted by molar-refractivity contribution is -0.133. The zero-order chi connectivity index (χ0) is 14.5. The number of nitrogens with zero attached hydrogens (tertiary/aromatic N) is 4. The second kappa shape index (κ2) is 6.97. The Balaban J connectivity index is 1.95. The standard InChI is InChI=1S/C13H22N4O2S/c1-3-4-10-5-7-17(8-6-10)12-14-15-13(16(12)2)20-9-11(18)19/h10H,3-9H2,1-2H3,(H,18,19). The van der Waals surface area contributed by atoms with Crippen LogP contribution < -0.4 is 4.90 Å². The van der Waals surface area contributed by atoms with Crippen molar-refractivity contribution in [2.45, 2.75) is 37.8 Å². The number of hydrogen-bond acceptors (Lipinski definition) is 5. The van der Waals surface area contributed by atoms with Crippen molar-refractivity contribution in [1.29, 1.82) is 0 Å². The Morgan fingerprint density at radius 2 is 2.10 bits per heavy atom. The highest BCUT2D eigenvalue weighted by Gasteiger charge is 2.22. The lowest BCUT2D eigenvalue weighted by Gasteiger charge is -2.32. The molecule has 112 valence electrons. The van der Waals surface area contributed by atoms with Crippen LogP contribution in [0.2, 0.25) is 0 Å². The van der Waals surface area contributed by atoms with Crippen molar-refractivity contribution in [1.82, 2.24) is 14.8 Å². The van der Waals surface area contributed by atoms with Gasteiger partial charge in [-0.2, -0.15) is 0 Å². The van der Waals surface area contributed by atoms with Crippen molar-refractivity contribution in [2.75, 3.05) is 23.7 Å². The molecule has 0 amide bonds. The molecule has 0 saturated carbocycles. The molecule has 2 heterocycles. The number of carbonyl (C=O) groups is 1. The van der Waals surface area contributed by atoms with Crippen molar-refractivity contribution in [3.05, 3.63) is 0 Å². The molecule has 7 heteroatoms. The number of aliphatic carboxylic acids is 1. The Hall–Kier alpha value is -1.24. The van der Waals surface area contributed by atoms with E-state index in [0.29, 0.717) is 5.16 Å². The summed E-state index contributed by atoms with van der Waals surface area (Å²) in [5.74, 6) is 0.878. The lowest BCUT2D eigenvalue weighted by Crippen LogP contribution is -2.35. The largest absolute Gasteiger partial charge is 0.481 e. The fourth-order valence-electron chi connectivity index (χ4n) is 2.66. The first kappa shape index (κ1) is 15.2. The van der Waals surface area contributed by atoms with Crippen LogP contribution in [0.4, 0.5) is 5.95 Å². The number of aromatic nitrogens is 3. The molecule has 1 aliphatic rings. The summed E-state index contributed by atoms with van der Waals surface area (Å²) in [5, 5.41) is 17.7. The van der Waals surface area contributed by atoms with Crippen LogP contribution in [0.15, 0.2) is 5.16 Å². The molecular formula is C13H22N4O2S. The van der Waals surface area contributed by atoms with Crippen molar-refractivity contribution >= 4 is 23.7 Å². The van der Waals surface area contributed by atoms with E-state index in [-0.39, 0.29) is 5.75 Å². The smallest absolute Gasteiger partial charge is 0.313 e. The number of rotatable bonds is 6. The van der Waals surface area contributed by atoms with E-state index < -0.39 is 5.97 Å². The second-order valence-corrected chi connectivity index (χ2v) is 6.19. The monoisotopic (exact) mass is 298 g/mol. The van der Waals surface area contributed by atoms with E-state index in [1.807, 2.05) is 11.6 Å². The minimum atomic E-state index is -0.833. The number of anilines is 1. The van der Waals surface area contributed by atoms with Gasteiger partial charge in [-0.25, -0.2) is 0 Å². The van der Waals surface area contributed by atoms with E-state index >= 15 is 0 Å². The molecule has 6 nitrogen and oxygen atoms in total. The maximum Gasteiger partial charge on any atom is 0.313 e. The molecule has 0 aromatic carbocycles. The lowest BCUT2D eigenvalue weighted by atomic mass is 9.93. The third kappa shape index (κ3) is 3.65. The van der Waals surface area contributed by atoms with Crippen LogP contribution in [0.25, 0.3) is 0 Å². The Labute approximate surface area is 123 Å². The minimum Gasteiger partial charge on any atom is -0.481 e. The fourth-order valence-corrected chi connectivity index (χ4v) is 3.29. The summed E-state index contributed by atoms with van der Waals surface area (Å²) < 4.78 is 1.90. The first-order valence-electron chi connectivity index (χ1n) is 7.10. The minimum absolute atomic E-state index is 0.0184. The summed E-state index contributed by atoms with van der Waals surface area (Å²) >= 11 is 1.21. The molecule has 0 atom stereocenters. The highest BCUT2D eigenvalue weighted by molar-refractivity contribution is 7.99. The average molecular weight is 298 g/mol. The first-order chi connectivity index (χ1) is 9.61. The molecule has 20 heavy (non-hydrogen) atoms. The van der Waals surface area contributed by atoms with Gasteiger partial charge in [0.05, 0.1) is 5.75 Å². The van der Waals surface area contributed by atoms with Crippen LogP contribution in [-0.4, -0.2) is 44.7 Å². The van der Waals surface area contributed by atoms with Gasteiger partial charge in [-0.3, -0.25) is 9.36 Å². The highest BCUT2D eigenvalue weighted by atomic mass is 32.2. The van der Waals surface area contributed by atoms with Gasteiger partial charge in [-0.1, -0.05) is 31.5 Å². The predicted molar refractivity (Wildman–Crippen MR) is 79.2 cm³/mol. The van der Waals surface area contributed by atoms with Gasteiger partial charge in [-0.05, 0) is 18.8 Å². The van der Waals surface area contributed by atoms with Crippen LogP contribution in [0.3, 0.4) is 0 Å². The molecule has 1 aromatic rings. The van der Waals surface area contributed by atoms with E-state index in [1.165, 1.54) is 37.4 Å². The maximum absolute atomic E-state index is 10.6. The first-order valence-corrected chi connectivity index (χ1v) is 8.09. The Morgan fingerprint density at radius 3 is 2.70 bits per heavy atom. The molecule has 0 radical (unpaired) electrons. The molecule has 1 aromatic heterocycles. The molecule has 0 spiro atoms. The third-order valence-electron chi connectivity index (χ3n) is 3.73. The summed E-state index contributed by atoms with van der Waals surface area (Å²) in [4.78, 5) is 12.9. The molecule has 1 saturated heterocycles. The molecule has 0 bridgehead atoms. The third-order valence-corrected chi connectivity index (χ3v) is 4.74. The second-order valence-electron chi connectivity index (χ2n) is 5.24. The van der Waals surface area contributed by atoms with E-state index in [4.69, 9.17) is 5.11 Å². The number of thioether (sulfide) groups is 1. The van der Waals surface area contributed by atoms with E-state index in [2.05, 4.69) is 22.0 Å². The summed E-state index contributed by atoms with van der Waals surface area (Å²) in [5.41, 5.74) is 0. The molecule has 0 unspecified atom stereocenters. The number of piperidine rings is 1. The van der Waals surface area contributed by atoms with Gasteiger partial charge in [0.15, 0.2) is 5.16 Å². The van der Waals surface area contributed by atoms with Crippen LogP contribution in [0.1, 0.15) is 32.6 Å². The van der Waals surface area contributed by atoms with Crippen molar-refractivity contribution in [3.8, 4) is 0 Å². The van der Waals surface area contributed by atoms with Crippen LogP contribution in [0.5, 0.6) is 0 Å². The number of hydrogen-bond donors (Lipinski definition) is 1. The zero-order valence-corrected chi connectivity index (χ0v) is 12.9. The van der Waals surface area contributed by atoms with E-state index in [9.17, 15) is 4.79 Å². The molecular weight excluding hydrogens is 276 g/mol. The fraction of sp³-hybridized carbons (Fsp3) is 0.769. The quantitative estimate of drug-likeness (QED) is 0.810. The summed E-state index contributed by atoms with van der Waals surface area (Å²) in [6.07, 6.45) is 4.98. The molecule has 2 rings (SSSR count). The Bertz CT molecular complexity index is 455. The van der Waals surface area contributed by atoms with Gasteiger partial charge >= 0.3 is 5.97 Å². The van der Waals surface area contributed by atoms with Gasteiger partial charge in [0.25, 0.3) is 0 Å². The normalized spacial score (nSPS) is 16.6. The predicted octanol–water partition coefficient (Wildman–Crippen LogP) is 2.01. The van der Waals surface area contributed by atoms with Gasteiger partial charge in [0, 0.05) is 20.1 Å². The SMILES string of the molecule is CCCC1CCN(c2nnc(SCC(=O)O)n2C)CC1. The number of carboxylic acids is 1. The van der Waals surface area contributed by atoms with Crippen molar-refractivity contribution in [3.63, 3.8) is 0 Å². The van der Waals surface area contributed by atoms with Crippen LogP contribution in [-0.2, 0) is 11.8 Å². The van der Waals surface area contributed by atoms with Gasteiger partial charge in [-0.15, -0.1) is 10.2 Å². The van der Waals surface area contributed by atoms with E-state index in [1.54, 1.807) is 0 Å². The molecule has 1 fully saturated rings. The maximum atomic E-state index is 10.6. The topological polar surface area (TPSA) is 71.2 Å². The average Bonchev–Trinajstić information content (AvgIpc) is 2.79.